The number of nitrogens with one attached hydrogen (secondary N) is 1. The fourth-order valence-corrected chi connectivity index (χ4v) is 2.39. The zero-order valence-corrected chi connectivity index (χ0v) is 14.2. The Morgan fingerprint density at radius 2 is 2.05 bits per heavy atom. The van der Waals surface area contributed by atoms with Gasteiger partial charge in [0.2, 0.25) is 0 Å². The molecule has 0 saturated heterocycles. The fraction of sp³-hybridized carbons (Fsp3) is 0.714. The van der Waals surface area contributed by atoms with Gasteiger partial charge in [-0.05, 0) is 35.4 Å². The Balaban J connectivity index is 2.63. The molecule has 114 valence electrons. The van der Waals surface area contributed by atoms with E-state index in [0.717, 1.165) is 44.7 Å². The molecule has 0 atom stereocenters. The molecule has 0 bridgehead atoms. The summed E-state index contributed by atoms with van der Waals surface area (Å²) < 4.78 is 2.09. The lowest BCUT2D eigenvalue weighted by Crippen LogP contribution is -2.29. The van der Waals surface area contributed by atoms with Crippen LogP contribution in [0.5, 0.6) is 0 Å². The molecule has 0 aliphatic heterocycles. The van der Waals surface area contributed by atoms with Gasteiger partial charge in [-0.2, -0.15) is 5.10 Å². The van der Waals surface area contributed by atoms with Gasteiger partial charge in [-0.1, -0.05) is 27.2 Å². The van der Waals surface area contributed by atoms with Crippen LogP contribution in [0.15, 0.2) is 15.5 Å². The van der Waals surface area contributed by atoms with Gasteiger partial charge < -0.3 is 10.2 Å². The number of anilines is 1. The maximum absolute atomic E-state index is 12.1. The van der Waals surface area contributed by atoms with E-state index in [-0.39, 0.29) is 5.56 Å². The van der Waals surface area contributed by atoms with E-state index in [4.69, 9.17) is 0 Å². The van der Waals surface area contributed by atoms with Crippen LogP contribution >= 0.6 is 15.9 Å². The van der Waals surface area contributed by atoms with E-state index in [1.54, 1.807) is 6.20 Å². The van der Waals surface area contributed by atoms with Gasteiger partial charge in [0.1, 0.15) is 4.47 Å². The van der Waals surface area contributed by atoms with Crippen LogP contribution in [0.3, 0.4) is 0 Å². The molecule has 5 nitrogen and oxygen atoms in total. The van der Waals surface area contributed by atoms with Gasteiger partial charge in [-0.15, -0.1) is 0 Å². The minimum Gasteiger partial charge on any atom is -0.381 e. The van der Waals surface area contributed by atoms with Crippen molar-refractivity contribution in [2.45, 2.75) is 40.2 Å². The molecule has 0 aliphatic carbocycles. The van der Waals surface area contributed by atoms with Crippen LogP contribution in [0.25, 0.3) is 0 Å². The zero-order valence-electron chi connectivity index (χ0n) is 12.7. The second-order valence-corrected chi connectivity index (χ2v) is 5.50. The molecule has 1 N–H and O–H groups in total. The monoisotopic (exact) mass is 344 g/mol. The second kappa shape index (κ2) is 9.13. The summed E-state index contributed by atoms with van der Waals surface area (Å²) in [6.07, 6.45) is 3.74. The Bertz CT molecular complexity index is 457. The maximum atomic E-state index is 12.1. The van der Waals surface area contributed by atoms with E-state index in [1.807, 2.05) is 0 Å². The number of halogens is 1. The maximum Gasteiger partial charge on any atom is 0.283 e. The lowest BCUT2D eigenvalue weighted by atomic mass is 10.3. The molecule has 0 spiro atoms. The Morgan fingerprint density at radius 1 is 1.35 bits per heavy atom. The molecule has 0 radical (unpaired) electrons. The third-order valence-electron chi connectivity index (χ3n) is 3.35. The molecule has 0 aromatic carbocycles. The SMILES string of the molecule is CCCCn1ncc(NCCN(CC)CC)c(Br)c1=O. The summed E-state index contributed by atoms with van der Waals surface area (Å²) in [6.45, 7) is 10.9. The van der Waals surface area contributed by atoms with Crippen LogP contribution in [0.4, 0.5) is 5.69 Å². The van der Waals surface area contributed by atoms with Crippen molar-refractivity contribution in [2.24, 2.45) is 0 Å². The molecule has 1 aromatic heterocycles. The summed E-state index contributed by atoms with van der Waals surface area (Å²) in [6, 6.07) is 0. The number of aromatic nitrogens is 2. The van der Waals surface area contributed by atoms with Gasteiger partial charge in [0, 0.05) is 19.6 Å². The van der Waals surface area contributed by atoms with Crippen molar-refractivity contribution in [1.82, 2.24) is 14.7 Å². The van der Waals surface area contributed by atoms with E-state index in [0.29, 0.717) is 11.0 Å². The van der Waals surface area contributed by atoms with Crippen LogP contribution in [0.2, 0.25) is 0 Å². The summed E-state index contributed by atoms with van der Waals surface area (Å²) in [4.78, 5) is 14.4. The first-order chi connectivity index (χ1) is 9.63. The summed E-state index contributed by atoms with van der Waals surface area (Å²) in [7, 11) is 0. The molecule has 0 saturated carbocycles. The van der Waals surface area contributed by atoms with Crippen molar-refractivity contribution in [2.75, 3.05) is 31.5 Å². The molecular weight excluding hydrogens is 320 g/mol. The van der Waals surface area contributed by atoms with Gasteiger partial charge in [0.05, 0.1) is 11.9 Å². The van der Waals surface area contributed by atoms with Crippen molar-refractivity contribution in [3.63, 3.8) is 0 Å². The van der Waals surface area contributed by atoms with Crippen molar-refractivity contribution < 1.29 is 0 Å². The number of likely N-dealkylation sites (N-methyl/N-ethyl adjacent to an activating group) is 1. The van der Waals surface area contributed by atoms with Gasteiger partial charge in [-0.25, -0.2) is 4.68 Å². The highest BCUT2D eigenvalue weighted by molar-refractivity contribution is 9.10. The molecule has 1 aromatic rings. The summed E-state index contributed by atoms with van der Waals surface area (Å²) >= 11 is 3.37. The first-order valence-electron chi connectivity index (χ1n) is 7.35. The van der Waals surface area contributed by atoms with Crippen LogP contribution in [0, 0.1) is 0 Å². The molecule has 1 heterocycles. The van der Waals surface area contributed by atoms with E-state index in [9.17, 15) is 4.79 Å². The van der Waals surface area contributed by atoms with Gasteiger partial charge in [0.25, 0.3) is 5.56 Å². The lowest BCUT2D eigenvalue weighted by molar-refractivity contribution is 0.316. The summed E-state index contributed by atoms with van der Waals surface area (Å²) in [5.41, 5.74) is 0.709. The Hall–Kier alpha value is -0.880. The third kappa shape index (κ3) is 4.90. The van der Waals surface area contributed by atoms with Gasteiger partial charge in [0.15, 0.2) is 0 Å². The van der Waals surface area contributed by atoms with Gasteiger partial charge in [-0.3, -0.25) is 4.79 Å². The molecule has 0 unspecified atom stereocenters. The topological polar surface area (TPSA) is 50.2 Å². The number of hydrogen-bond acceptors (Lipinski definition) is 4. The number of rotatable bonds is 9. The van der Waals surface area contributed by atoms with E-state index < -0.39 is 0 Å². The molecule has 0 fully saturated rings. The molecule has 6 heteroatoms. The standard InChI is InChI=1S/C14H25BrN4O/c1-4-7-9-19-14(20)13(15)12(11-17-19)16-8-10-18(5-2)6-3/h11,16H,4-10H2,1-3H3. The minimum atomic E-state index is -0.0636. The van der Waals surface area contributed by atoms with Crippen LogP contribution in [-0.2, 0) is 6.54 Å². The van der Waals surface area contributed by atoms with E-state index >= 15 is 0 Å². The molecule has 0 amide bonds. The number of hydrogen-bond donors (Lipinski definition) is 1. The summed E-state index contributed by atoms with van der Waals surface area (Å²) in [5, 5.41) is 7.48. The highest BCUT2D eigenvalue weighted by Gasteiger charge is 2.08. The van der Waals surface area contributed by atoms with Crippen molar-refractivity contribution in [1.29, 1.82) is 0 Å². The number of aryl methyl sites for hydroxylation is 1. The quantitative estimate of drug-likeness (QED) is 0.747. The Kier molecular flexibility index (Phi) is 7.84. The number of nitrogens with zero attached hydrogens (tertiary/aromatic N) is 3. The minimum absolute atomic E-state index is 0.0636. The Morgan fingerprint density at radius 3 is 2.65 bits per heavy atom. The molecule has 1 rings (SSSR count). The van der Waals surface area contributed by atoms with Crippen LogP contribution in [-0.4, -0.2) is 40.9 Å². The second-order valence-electron chi connectivity index (χ2n) is 4.71. The first kappa shape index (κ1) is 17.2. The third-order valence-corrected chi connectivity index (χ3v) is 4.11. The van der Waals surface area contributed by atoms with E-state index in [1.165, 1.54) is 4.68 Å². The fourth-order valence-electron chi connectivity index (χ4n) is 1.94. The van der Waals surface area contributed by atoms with Gasteiger partial charge >= 0.3 is 0 Å². The highest BCUT2D eigenvalue weighted by atomic mass is 79.9. The average Bonchev–Trinajstić information content (AvgIpc) is 2.47. The predicted molar refractivity (Wildman–Crippen MR) is 87.4 cm³/mol. The predicted octanol–water partition coefficient (Wildman–Crippen LogP) is 2.56. The highest BCUT2D eigenvalue weighted by Crippen LogP contribution is 2.15. The smallest absolute Gasteiger partial charge is 0.283 e. The number of unbranched alkanes of at least 4 members (excludes halogenated alkanes) is 1. The van der Waals surface area contributed by atoms with Crippen LogP contribution < -0.4 is 10.9 Å². The molecular formula is C14H25BrN4O. The normalized spacial score (nSPS) is 11.1. The molecule has 0 aliphatic rings. The first-order valence-corrected chi connectivity index (χ1v) is 8.15. The largest absolute Gasteiger partial charge is 0.381 e. The van der Waals surface area contributed by atoms with E-state index in [2.05, 4.69) is 52.0 Å². The zero-order chi connectivity index (χ0) is 15.0. The van der Waals surface area contributed by atoms with Crippen LogP contribution in [0.1, 0.15) is 33.6 Å². The van der Waals surface area contributed by atoms with Crippen molar-refractivity contribution in [3.8, 4) is 0 Å². The average molecular weight is 345 g/mol. The Labute approximate surface area is 129 Å². The lowest BCUT2D eigenvalue weighted by Gasteiger charge is -2.18. The summed E-state index contributed by atoms with van der Waals surface area (Å²) in [5.74, 6) is 0. The van der Waals surface area contributed by atoms with Crippen molar-refractivity contribution in [3.05, 3.63) is 21.0 Å². The van der Waals surface area contributed by atoms with Crippen molar-refractivity contribution >= 4 is 21.6 Å². The molecule has 20 heavy (non-hydrogen) atoms.